The highest BCUT2D eigenvalue weighted by molar-refractivity contribution is 5.91. The normalized spacial score (nSPS) is 10.4. The van der Waals surface area contributed by atoms with Gasteiger partial charge in [0.25, 0.3) is 0 Å². The van der Waals surface area contributed by atoms with Crippen molar-refractivity contribution in [3.63, 3.8) is 0 Å². The molecule has 0 atom stereocenters. The number of aromatic nitrogens is 2. The number of anilines is 1. The number of rotatable bonds is 6. The zero-order chi connectivity index (χ0) is 15.9. The van der Waals surface area contributed by atoms with Gasteiger partial charge in [-0.15, -0.1) is 0 Å². The molecular weight excluding hydrogens is 292 g/mol. The second-order valence-electron chi connectivity index (χ2n) is 5.03. The molecule has 118 valence electrons. The molecule has 0 aliphatic rings. The van der Waals surface area contributed by atoms with Gasteiger partial charge in [0.15, 0.2) is 0 Å². The molecule has 0 saturated carbocycles. The number of hydrogen-bond donors (Lipinski definition) is 3. The summed E-state index contributed by atoms with van der Waals surface area (Å²) >= 11 is 0. The van der Waals surface area contributed by atoms with Gasteiger partial charge in [-0.3, -0.25) is 0 Å². The molecule has 1 aromatic heterocycles. The van der Waals surface area contributed by atoms with Crippen molar-refractivity contribution < 1.29 is 9.53 Å². The van der Waals surface area contributed by atoms with Gasteiger partial charge >= 0.3 is 6.03 Å². The van der Waals surface area contributed by atoms with Gasteiger partial charge in [0.2, 0.25) is 0 Å². The van der Waals surface area contributed by atoms with E-state index < -0.39 is 0 Å². The number of ether oxygens (including phenoxy) is 1. The molecular formula is C17H18N4O2. The summed E-state index contributed by atoms with van der Waals surface area (Å²) in [4.78, 5) is 19.0. The fourth-order valence-corrected chi connectivity index (χ4v) is 2.17. The van der Waals surface area contributed by atoms with Crippen molar-refractivity contribution in [1.82, 2.24) is 15.3 Å². The zero-order valence-electron chi connectivity index (χ0n) is 12.6. The highest BCUT2D eigenvalue weighted by atomic mass is 16.5. The molecule has 0 aliphatic carbocycles. The largest absolute Gasteiger partial charge is 0.494 e. The van der Waals surface area contributed by atoms with Crippen molar-refractivity contribution in [1.29, 1.82) is 0 Å². The second kappa shape index (κ2) is 7.31. The van der Waals surface area contributed by atoms with E-state index in [1.807, 2.05) is 48.5 Å². The van der Waals surface area contributed by atoms with Gasteiger partial charge < -0.3 is 20.4 Å². The molecule has 6 heteroatoms. The number of H-pyrrole nitrogens is 1. The summed E-state index contributed by atoms with van der Waals surface area (Å²) in [5, 5.41) is 5.60. The summed E-state index contributed by atoms with van der Waals surface area (Å²) < 4.78 is 5.56. The van der Waals surface area contributed by atoms with Crippen LogP contribution in [0.5, 0.6) is 5.75 Å². The van der Waals surface area contributed by atoms with Crippen LogP contribution in [0.2, 0.25) is 0 Å². The van der Waals surface area contributed by atoms with Crippen LogP contribution in [-0.2, 0) is 0 Å². The number of benzene rings is 2. The fourth-order valence-electron chi connectivity index (χ4n) is 2.17. The van der Waals surface area contributed by atoms with Gasteiger partial charge in [-0.1, -0.05) is 18.2 Å². The summed E-state index contributed by atoms with van der Waals surface area (Å²) in [5.74, 6) is 0.838. The zero-order valence-corrected chi connectivity index (χ0v) is 12.6. The van der Waals surface area contributed by atoms with Gasteiger partial charge in [0.1, 0.15) is 5.75 Å². The molecule has 3 N–H and O–H groups in total. The Kier molecular flexibility index (Phi) is 4.73. The number of amides is 2. The minimum absolute atomic E-state index is 0.233. The Morgan fingerprint density at radius 1 is 1.17 bits per heavy atom. The van der Waals surface area contributed by atoms with Crippen molar-refractivity contribution in [2.75, 3.05) is 18.5 Å². The summed E-state index contributed by atoms with van der Waals surface area (Å²) in [6.45, 7) is 1.11. The van der Waals surface area contributed by atoms with Crippen LogP contribution in [0.4, 0.5) is 10.5 Å². The van der Waals surface area contributed by atoms with Crippen molar-refractivity contribution in [3.05, 3.63) is 54.9 Å². The number of nitrogens with zero attached hydrogens (tertiary/aromatic N) is 1. The smallest absolute Gasteiger partial charge is 0.319 e. The fraction of sp³-hybridized carbons (Fsp3) is 0.176. The molecule has 0 spiro atoms. The van der Waals surface area contributed by atoms with Crippen molar-refractivity contribution in [3.8, 4) is 5.75 Å². The summed E-state index contributed by atoms with van der Waals surface area (Å²) in [7, 11) is 0. The number of imidazole rings is 1. The molecule has 6 nitrogen and oxygen atoms in total. The van der Waals surface area contributed by atoms with Crippen LogP contribution in [0.1, 0.15) is 6.42 Å². The van der Waals surface area contributed by atoms with Gasteiger partial charge in [0.05, 0.1) is 24.0 Å². The average Bonchev–Trinajstić information content (AvgIpc) is 3.03. The SMILES string of the molecule is O=C(NCCCOc1ccccc1)Nc1ccc2nc[nH]c2c1. The number of carbonyl (C=O) groups is 1. The number of aromatic amines is 1. The molecule has 3 aromatic rings. The van der Waals surface area contributed by atoms with E-state index in [4.69, 9.17) is 4.74 Å². The Balaban J connectivity index is 1.37. The number of urea groups is 1. The number of para-hydroxylation sites is 1. The van der Waals surface area contributed by atoms with Crippen LogP contribution < -0.4 is 15.4 Å². The molecule has 0 radical (unpaired) electrons. The van der Waals surface area contributed by atoms with Crippen LogP contribution >= 0.6 is 0 Å². The molecule has 0 saturated heterocycles. The van der Waals surface area contributed by atoms with E-state index in [9.17, 15) is 4.79 Å². The van der Waals surface area contributed by atoms with E-state index >= 15 is 0 Å². The quantitative estimate of drug-likeness (QED) is 0.612. The lowest BCUT2D eigenvalue weighted by molar-refractivity contribution is 0.250. The van der Waals surface area contributed by atoms with Crippen LogP contribution in [0, 0.1) is 0 Å². The Morgan fingerprint density at radius 2 is 2.04 bits per heavy atom. The van der Waals surface area contributed by atoms with Crippen LogP contribution in [-0.4, -0.2) is 29.2 Å². The molecule has 2 aromatic carbocycles. The van der Waals surface area contributed by atoms with Crippen molar-refractivity contribution >= 4 is 22.8 Å². The maximum atomic E-state index is 11.8. The molecule has 0 aliphatic heterocycles. The predicted octanol–water partition coefficient (Wildman–Crippen LogP) is 3.15. The Hall–Kier alpha value is -3.02. The number of nitrogens with one attached hydrogen (secondary N) is 3. The van der Waals surface area contributed by atoms with Gasteiger partial charge in [0, 0.05) is 12.2 Å². The van der Waals surface area contributed by atoms with Crippen LogP contribution in [0.15, 0.2) is 54.9 Å². The van der Waals surface area contributed by atoms with Gasteiger partial charge in [-0.25, -0.2) is 9.78 Å². The summed E-state index contributed by atoms with van der Waals surface area (Å²) in [6.07, 6.45) is 2.36. The molecule has 0 fully saturated rings. The third-order valence-corrected chi connectivity index (χ3v) is 3.30. The maximum absolute atomic E-state index is 11.8. The Labute approximate surface area is 133 Å². The first-order valence-electron chi connectivity index (χ1n) is 7.47. The minimum Gasteiger partial charge on any atom is -0.494 e. The molecule has 1 heterocycles. The first-order chi connectivity index (χ1) is 11.3. The topological polar surface area (TPSA) is 79.0 Å². The maximum Gasteiger partial charge on any atom is 0.319 e. The third-order valence-electron chi connectivity index (χ3n) is 3.30. The number of fused-ring (bicyclic) bond motifs is 1. The molecule has 23 heavy (non-hydrogen) atoms. The second-order valence-corrected chi connectivity index (χ2v) is 5.03. The Morgan fingerprint density at radius 3 is 2.91 bits per heavy atom. The highest BCUT2D eigenvalue weighted by Crippen LogP contribution is 2.15. The third kappa shape index (κ3) is 4.23. The first kappa shape index (κ1) is 14.9. The standard InChI is InChI=1S/C17H18N4O2/c22-17(18-9-4-10-23-14-5-2-1-3-6-14)21-13-7-8-15-16(11-13)20-12-19-15/h1-3,5-8,11-12H,4,9-10H2,(H,19,20)(H2,18,21,22). The molecule has 0 unspecified atom stereocenters. The van der Waals surface area contributed by atoms with E-state index in [0.717, 1.165) is 28.9 Å². The average molecular weight is 310 g/mol. The van der Waals surface area contributed by atoms with E-state index in [1.165, 1.54) is 0 Å². The van der Waals surface area contributed by atoms with E-state index in [2.05, 4.69) is 20.6 Å². The van der Waals surface area contributed by atoms with Gasteiger partial charge in [-0.2, -0.15) is 0 Å². The van der Waals surface area contributed by atoms with E-state index in [1.54, 1.807) is 6.33 Å². The molecule has 3 rings (SSSR count). The predicted molar refractivity (Wildman–Crippen MR) is 89.7 cm³/mol. The highest BCUT2D eigenvalue weighted by Gasteiger charge is 2.03. The van der Waals surface area contributed by atoms with E-state index in [0.29, 0.717) is 13.2 Å². The monoisotopic (exact) mass is 310 g/mol. The number of carbonyl (C=O) groups excluding carboxylic acids is 1. The number of hydrogen-bond acceptors (Lipinski definition) is 3. The summed E-state index contributed by atoms with van der Waals surface area (Å²) in [6, 6.07) is 14.9. The van der Waals surface area contributed by atoms with Crippen molar-refractivity contribution in [2.45, 2.75) is 6.42 Å². The lowest BCUT2D eigenvalue weighted by atomic mass is 10.3. The van der Waals surface area contributed by atoms with Crippen LogP contribution in [0.25, 0.3) is 11.0 Å². The summed E-state index contributed by atoms with van der Waals surface area (Å²) in [5.41, 5.74) is 2.48. The minimum atomic E-state index is -0.233. The molecule has 0 bridgehead atoms. The molecule has 2 amide bonds. The lowest BCUT2D eigenvalue weighted by Crippen LogP contribution is -2.30. The Bertz CT molecular complexity index is 770. The first-order valence-corrected chi connectivity index (χ1v) is 7.47. The van der Waals surface area contributed by atoms with Crippen molar-refractivity contribution in [2.24, 2.45) is 0 Å². The van der Waals surface area contributed by atoms with Crippen LogP contribution in [0.3, 0.4) is 0 Å². The van der Waals surface area contributed by atoms with Gasteiger partial charge in [-0.05, 0) is 36.8 Å². The lowest BCUT2D eigenvalue weighted by Gasteiger charge is -2.08. The van der Waals surface area contributed by atoms with E-state index in [-0.39, 0.29) is 6.03 Å².